The lowest BCUT2D eigenvalue weighted by Gasteiger charge is -2.15. The Bertz CT molecular complexity index is 174. The van der Waals surface area contributed by atoms with E-state index in [1.54, 1.807) is 4.90 Å². The average Bonchev–Trinajstić information content (AvgIpc) is 2.04. The SMILES string of the molecule is CCNC(=O)CN(CC)CC#N. The van der Waals surface area contributed by atoms with Gasteiger partial charge in [-0.2, -0.15) is 5.26 Å². The summed E-state index contributed by atoms with van der Waals surface area (Å²) in [4.78, 5) is 12.8. The summed E-state index contributed by atoms with van der Waals surface area (Å²) in [5.41, 5.74) is 0. The van der Waals surface area contributed by atoms with Crippen molar-refractivity contribution in [1.29, 1.82) is 5.26 Å². The van der Waals surface area contributed by atoms with Crippen molar-refractivity contribution in [3.05, 3.63) is 0 Å². The summed E-state index contributed by atoms with van der Waals surface area (Å²) in [6, 6.07) is 2.01. The van der Waals surface area contributed by atoms with E-state index in [0.717, 1.165) is 6.54 Å². The van der Waals surface area contributed by atoms with Gasteiger partial charge in [-0.25, -0.2) is 0 Å². The van der Waals surface area contributed by atoms with Gasteiger partial charge >= 0.3 is 0 Å². The van der Waals surface area contributed by atoms with Crippen LogP contribution >= 0.6 is 0 Å². The highest BCUT2D eigenvalue weighted by Crippen LogP contribution is 1.85. The van der Waals surface area contributed by atoms with E-state index in [0.29, 0.717) is 19.6 Å². The van der Waals surface area contributed by atoms with Crippen LogP contribution in [0.2, 0.25) is 0 Å². The number of carbonyl (C=O) groups is 1. The third-order valence-corrected chi connectivity index (χ3v) is 1.48. The molecule has 0 aliphatic rings. The first kappa shape index (κ1) is 10.9. The first-order chi connectivity index (χ1) is 5.74. The second-order valence-electron chi connectivity index (χ2n) is 2.41. The summed E-state index contributed by atoms with van der Waals surface area (Å²) in [7, 11) is 0. The molecule has 0 fully saturated rings. The summed E-state index contributed by atoms with van der Waals surface area (Å²) in [5.74, 6) is -0.0189. The molecule has 0 aromatic heterocycles. The van der Waals surface area contributed by atoms with E-state index < -0.39 is 0 Å². The molecule has 0 unspecified atom stereocenters. The maximum absolute atomic E-state index is 11.0. The Balaban J connectivity index is 3.70. The number of amides is 1. The number of likely N-dealkylation sites (N-methyl/N-ethyl adjacent to an activating group) is 2. The number of nitriles is 1. The van der Waals surface area contributed by atoms with Crippen LogP contribution in [0.5, 0.6) is 0 Å². The van der Waals surface area contributed by atoms with Crippen LogP contribution < -0.4 is 5.32 Å². The van der Waals surface area contributed by atoms with Crippen molar-refractivity contribution in [1.82, 2.24) is 10.2 Å². The molecule has 1 N–H and O–H groups in total. The first-order valence-electron chi connectivity index (χ1n) is 4.10. The molecule has 0 aromatic carbocycles. The smallest absolute Gasteiger partial charge is 0.234 e. The second kappa shape index (κ2) is 6.62. The number of nitrogens with zero attached hydrogens (tertiary/aromatic N) is 2. The topological polar surface area (TPSA) is 56.1 Å². The van der Waals surface area contributed by atoms with Crippen LogP contribution in [0, 0.1) is 11.3 Å². The van der Waals surface area contributed by atoms with Crippen molar-refractivity contribution < 1.29 is 4.79 Å². The fourth-order valence-corrected chi connectivity index (χ4v) is 0.836. The normalized spacial score (nSPS) is 9.50. The molecule has 0 spiro atoms. The van der Waals surface area contributed by atoms with E-state index in [2.05, 4.69) is 5.32 Å². The highest BCUT2D eigenvalue weighted by molar-refractivity contribution is 5.77. The molecule has 1 amide bonds. The van der Waals surface area contributed by atoms with Gasteiger partial charge in [-0.3, -0.25) is 9.69 Å². The van der Waals surface area contributed by atoms with Gasteiger partial charge < -0.3 is 5.32 Å². The van der Waals surface area contributed by atoms with Gasteiger partial charge in [0.25, 0.3) is 0 Å². The van der Waals surface area contributed by atoms with Gasteiger partial charge in [-0.1, -0.05) is 6.92 Å². The van der Waals surface area contributed by atoms with Crippen molar-refractivity contribution in [3.8, 4) is 6.07 Å². The fraction of sp³-hybridized carbons (Fsp3) is 0.750. The summed E-state index contributed by atoms with van der Waals surface area (Å²) < 4.78 is 0. The van der Waals surface area contributed by atoms with Crippen molar-refractivity contribution in [3.63, 3.8) is 0 Å². The standard InChI is InChI=1S/C8H15N3O/c1-3-10-8(12)7-11(4-2)6-5-9/h3-4,6-7H2,1-2H3,(H,10,12). The maximum Gasteiger partial charge on any atom is 0.234 e. The fourth-order valence-electron chi connectivity index (χ4n) is 0.836. The number of rotatable bonds is 5. The quantitative estimate of drug-likeness (QED) is 0.588. The third kappa shape index (κ3) is 4.69. The lowest BCUT2D eigenvalue weighted by Crippen LogP contribution is -2.37. The Morgan fingerprint density at radius 1 is 1.58 bits per heavy atom. The van der Waals surface area contributed by atoms with E-state index >= 15 is 0 Å². The first-order valence-corrected chi connectivity index (χ1v) is 4.10. The van der Waals surface area contributed by atoms with Crippen LogP contribution in [-0.2, 0) is 4.79 Å². The van der Waals surface area contributed by atoms with Gasteiger partial charge in [0.2, 0.25) is 5.91 Å². The Hall–Kier alpha value is -1.08. The molecule has 0 aromatic rings. The van der Waals surface area contributed by atoms with Gasteiger partial charge in [0, 0.05) is 6.54 Å². The van der Waals surface area contributed by atoms with Crippen LogP contribution in [0.3, 0.4) is 0 Å². The van der Waals surface area contributed by atoms with E-state index in [-0.39, 0.29) is 5.91 Å². The lowest BCUT2D eigenvalue weighted by atomic mass is 10.4. The Morgan fingerprint density at radius 2 is 2.25 bits per heavy atom. The molecule has 4 heteroatoms. The second-order valence-corrected chi connectivity index (χ2v) is 2.41. The molecule has 12 heavy (non-hydrogen) atoms. The predicted molar refractivity (Wildman–Crippen MR) is 46.4 cm³/mol. The maximum atomic E-state index is 11.0. The molecule has 0 aliphatic heterocycles. The van der Waals surface area contributed by atoms with Gasteiger partial charge in [0.05, 0.1) is 19.2 Å². The Morgan fingerprint density at radius 3 is 2.67 bits per heavy atom. The Labute approximate surface area is 73.2 Å². The van der Waals surface area contributed by atoms with Crippen molar-refractivity contribution in [2.24, 2.45) is 0 Å². The zero-order chi connectivity index (χ0) is 9.40. The lowest BCUT2D eigenvalue weighted by molar-refractivity contribution is -0.121. The molecule has 0 bridgehead atoms. The Kier molecular flexibility index (Phi) is 6.02. The molecule has 4 nitrogen and oxygen atoms in total. The van der Waals surface area contributed by atoms with E-state index in [1.807, 2.05) is 19.9 Å². The third-order valence-electron chi connectivity index (χ3n) is 1.48. The predicted octanol–water partition coefficient (Wildman–Crippen LogP) is -0.0320. The zero-order valence-corrected chi connectivity index (χ0v) is 7.63. The minimum absolute atomic E-state index is 0.0189. The minimum Gasteiger partial charge on any atom is -0.355 e. The van der Waals surface area contributed by atoms with Gasteiger partial charge in [-0.05, 0) is 13.5 Å². The summed E-state index contributed by atoms with van der Waals surface area (Å²) in [6.07, 6.45) is 0. The minimum atomic E-state index is -0.0189. The summed E-state index contributed by atoms with van der Waals surface area (Å²) in [5, 5.41) is 11.1. The monoisotopic (exact) mass is 169 g/mol. The van der Waals surface area contributed by atoms with Crippen LogP contribution in [-0.4, -0.2) is 37.0 Å². The molecule has 68 valence electrons. The van der Waals surface area contributed by atoms with Crippen molar-refractivity contribution >= 4 is 5.91 Å². The molecule has 0 rings (SSSR count). The molecule has 0 atom stereocenters. The highest BCUT2D eigenvalue weighted by atomic mass is 16.2. The van der Waals surface area contributed by atoms with E-state index in [1.165, 1.54) is 0 Å². The van der Waals surface area contributed by atoms with Gasteiger partial charge in [-0.15, -0.1) is 0 Å². The summed E-state index contributed by atoms with van der Waals surface area (Å²) in [6.45, 7) is 5.80. The van der Waals surface area contributed by atoms with Crippen LogP contribution in [0.15, 0.2) is 0 Å². The molecule has 0 aliphatic carbocycles. The molecule has 0 radical (unpaired) electrons. The summed E-state index contributed by atoms with van der Waals surface area (Å²) >= 11 is 0. The van der Waals surface area contributed by atoms with Gasteiger partial charge in [0.1, 0.15) is 0 Å². The number of hydrogen-bond acceptors (Lipinski definition) is 3. The van der Waals surface area contributed by atoms with E-state index in [9.17, 15) is 4.79 Å². The molecular formula is C8H15N3O. The number of hydrogen-bond donors (Lipinski definition) is 1. The highest BCUT2D eigenvalue weighted by Gasteiger charge is 2.06. The largest absolute Gasteiger partial charge is 0.355 e. The number of nitrogens with one attached hydrogen (secondary N) is 1. The number of carbonyl (C=O) groups excluding carboxylic acids is 1. The van der Waals surface area contributed by atoms with E-state index in [4.69, 9.17) is 5.26 Å². The molecule has 0 saturated heterocycles. The van der Waals surface area contributed by atoms with Crippen molar-refractivity contribution in [2.45, 2.75) is 13.8 Å². The van der Waals surface area contributed by atoms with Gasteiger partial charge in [0.15, 0.2) is 0 Å². The van der Waals surface area contributed by atoms with Crippen molar-refractivity contribution in [2.75, 3.05) is 26.2 Å². The van der Waals surface area contributed by atoms with Crippen LogP contribution in [0.4, 0.5) is 0 Å². The van der Waals surface area contributed by atoms with Crippen LogP contribution in [0.1, 0.15) is 13.8 Å². The molecular weight excluding hydrogens is 154 g/mol. The van der Waals surface area contributed by atoms with Crippen LogP contribution in [0.25, 0.3) is 0 Å². The average molecular weight is 169 g/mol. The molecule has 0 heterocycles. The zero-order valence-electron chi connectivity index (χ0n) is 7.63. The molecule has 0 saturated carbocycles.